The number of carbonyl (C=O) groups is 8. The number of alkyl halides is 2. The summed E-state index contributed by atoms with van der Waals surface area (Å²) in [5.41, 5.74) is 4.08. The van der Waals surface area contributed by atoms with Crippen molar-refractivity contribution < 1.29 is 66.1 Å². The Hall–Kier alpha value is -5.94. The van der Waals surface area contributed by atoms with Crippen molar-refractivity contribution in [2.24, 2.45) is 17.3 Å². The number of ether oxygens (including phenoxy) is 4. The van der Waals surface area contributed by atoms with E-state index in [1.54, 1.807) is 58.0 Å². The van der Waals surface area contributed by atoms with Gasteiger partial charge in [0.2, 0.25) is 17.6 Å². The molecule has 2 aromatic carbocycles. The summed E-state index contributed by atoms with van der Waals surface area (Å²) in [6, 6.07) is 5.48. The monoisotopic (exact) mass is 908 g/mol. The molecule has 4 amide bonds. The van der Waals surface area contributed by atoms with Gasteiger partial charge in [-0.15, -0.1) is 0 Å². The van der Waals surface area contributed by atoms with Gasteiger partial charge in [0.05, 0.1) is 27.3 Å². The number of fused-ring (bicyclic) bond motifs is 1. The van der Waals surface area contributed by atoms with Crippen LogP contribution in [-0.2, 0) is 51.0 Å². The third-order valence-electron chi connectivity index (χ3n) is 13.1. The number of rotatable bonds is 15. The summed E-state index contributed by atoms with van der Waals surface area (Å²) in [6.45, 7) is 4.70. The lowest BCUT2D eigenvalue weighted by molar-refractivity contribution is -0.153. The van der Waals surface area contributed by atoms with Crippen LogP contribution in [0.3, 0.4) is 0 Å². The number of esters is 2. The fourth-order valence-corrected chi connectivity index (χ4v) is 9.64. The Balaban J connectivity index is 1.12. The second-order valence-electron chi connectivity index (χ2n) is 18.2. The molecule has 6 rings (SSSR count). The number of hydrogen-bond donors (Lipinski definition) is 2. The number of Topliss-reactive ketones (excluding diaryl/α,β-unsaturated/α-hetero) is 2. The van der Waals surface area contributed by atoms with E-state index in [4.69, 9.17) is 9.47 Å². The number of nitrogens with zero attached hydrogens (tertiary/aromatic N) is 2. The van der Waals surface area contributed by atoms with E-state index in [1.165, 1.54) is 0 Å². The van der Waals surface area contributed by atoms with Gasteiger partial charge in [0.15, 0.2) is 19.0 Å². The molecule has 6 atom stereocenters. The SMILES string of the molecule is COC(=O)N[C@H](C(=O)N1C[C@H](F)C[C@H]1C(=O)OCC(=O)c1ccc(-c2ccc(C(=O)COC(=O)[C@@H]3C[C@@H](F)CN3C(=O)[C@@H](NC(=O)OC)C(C)C)c3c2CC2(CCCC2)C3)cc1)C(C)C. The fraction of sp³-hybridized carbons (Fsp3) is 0.574. The summed E-state index contributed by atoms with van der Waals surface area (Å²) >= 11 is 0. The van der Waals surface area contributed by atoms with Gasteiger partial charge in [0.25, 0.3) is 0 Å². The number of ketones is 2. The normalized spacial score (nSPS) is 21.8. The molecule has 0 unspecified atom stereocenters. The largest absolute Gasteiger partial charge is 0.456 e. The summed E-state index contributed by atoms with van der Waals surface area (Å²) in [7, 11) is 2.29. The summed E-state index contributed by atoms with van der Waals surface area (Å²) in [5.74, 6) is -5.00. The lowest BCUT2D eigenvalue weighted by atomic mass is 9.82. The van der Waals surface area contributed by atoms with E-state index >= 15 is 0 Å². The van der Waals surface area contributed by atoms with Crippen LogP contribution < -0.4 is 10.6 Å². The van der Waals surface area contributed by atoms with Crippen molar-refractivity contribution in [3.05, 3.63) is 58.7 Å². The maximum absolute atomic E-state index is 14.7. The highest BCUT2D eigenvalue weighted by atomic mass is 19.1. The zero-order chi connectivity index (χ0) is 47.3. The number of halogens is 2. The molecule has 2 aliphatic heterocycles. The first-order chi connectivity index (χ1) is 30.9. The van der Waals surface area contributed by atoms with Crippen LogP contribution >= 0.6 is 0 Å². The van der Waals surface area contributed by atoms with Crippen LogP contribution in [0.4, 0.5) is 18.4 Å². The number of amides is 4. The van der Waals surface area contributed by atoms with Crippen LogP contribution in [0.2, 0.25) is 0 Å². The Bertz CT molecular complexity index is 2180. The molecule has 352 valence electrons. The van der Waals surface area contributed by atoms with Gasteiger partial charge in [-0.3, -0.25) is 19.2 Å². The molecule has 2 heterocycles. The third kappa shape index (κ3) is 10.8. The van der Waals surface area contributed by atoms with Gasteiger partial charge < -0.3 is 39.4 Å². The average Bonchev–Trinajstić information content (AvgIpc) is 4.10. The minimum absolute atomic E-state index is 0.0365. The van der Waals surface area contributed by atoms with E-state index in [-0.39, 0.29) is 36.9 Å². The van der Waals surface area contributed by atoms with Gasteiger partial charge in [-0.05, 0) is 65.2 Å². The third-order valence-corrected chi connectivity index (χ3v) is 13.1. The summed E-state index contributed by atoms with van der Waals surface area (Å²) < 4.78 is 49.4. The van der Waals surface area contributed by atoms with Gasteiger partial charge in [-0.2, -0.15) is 0 Å². The number of methoxy groups -OCH3 is 2. The standard InChI is InChI=1S/C47H58F2N4O12/c1-25(2)39(50-45(60)62-5)41(56)52-21-29(48)17-35(52)43(58)64-23-37(54)28-11-9-27(10-12-28)31-13-14-32(34-20-47(19-33(31)34)15-7-8-16-47)38(55)24-65-44(59)36-18-30(49)22-53(36)42(57)40(26(3)4)51-46(61)63-6/h9-14,25-26,29-30,35-36,39-40H,7-8,15-24H2,1-6H3,(H,50,60)(H,51,61)/t29-,30-,35+,36+,39+,40+/m1/s1. The van der Waals surface area contributed by atoms with Crippen molar-refractivity contribution in [3.8, 4) is 11.1 Å². The molecular weight excluding hydrogens is 851 g/mol. The van der Waals surface area contributed by atoms with E-state index in [9.17, 15) is 47.1 Å². The average molecular weight is 909 g/mol. The zero-order valence-corrected chi connectivity index (χ0v) is 37.6. The summed E-state index contributed by atoms with van der Waals surface area (Å²) in [5, 5.41) is 4.88. The van der Waals surface area contributed by atoms with Crippen LogP contribution in [0.5, 0.6) is 0 Å². The van der Waals surface area contributed by atoms with E-state index in [2.05, 4.69) is 20.1 Å². The van der Waals surface area contributed by atoms with E-state index in [0.29, 0.717) is 12.0 Å². The first-order valence-electron chi connectivity index (χ1n) is 22.1. The molecule has 65 heavy (non-hydrogen) atoms. The molecule has 1 saturated carbocycles. The molecule has 4 aliphatic rings. The predicted octanol–water partition coefficient (Wildman–Crippen LogP) is 5.10. The van der Waals surface area contributed by atoms with Gasteiger partial charge in [0, 0.05) is 24.0 Å². The molecule has 0 bridgehead atoms. The number of nitrogens with one attached hydrogen (secondary N) is 2. The minimum Gasteiger partial charge on any atom is -0.456 e. The van der Waals surface area contributed by atoms with Crippen molar-refractivity contribution in [3.63, 3.8) is 0 Å². The first kappa shape index (κ1) is 48.5. The van der Waals surface area contributed by atoms with E-state index < -0.39 is 109 Å². The number of hydrogen-bond acceptors (Lipinski definition) is 12. The van der Waals surface area contributed by atoms with Crippen molar-refractivity contribution in [1.82, 2.24) is 20.4 Å². The lowest BCUT2D eigenvalue weighted by Gasteiger charge is -2.29. The molecule has 3 fully saturated rings. The number of carbonyl (C=O) groups excluding carboxylic acids is 8. The molecule has 2 aliphatic carbocycles. The first-order valence-corrected chi connectivity index (χ1v) is 22.1. The van der Waals surface area contributed by atoms with Crippen molar-refractivity contribution in [2.75, 3.05) is 40.5 Å². The smallest absolute Gasteiger partial charge is 0.407 e. The van der Waals surface area contributed by atoms with Crippen molar-refractivity contribution >= 4 is 47.5 Å². The Labute approximate surface area is 376 Å². The van der Waals surface area contributed by atoms with Gasteiger partial charge in [0.1, 0.15) is 36.5 Å². The number of benzene rings is 2. The number of alkyl carbamates (subject to hydrolysis) is 2. The molecular formula is C47H58F2N4O12. The van der Waals surface area contributed by atoms with Crippen LogP contribution in [0, 0.1) is 17.3 Å². The highest BCUT2D eigenvalue weighted by Gasteiger charge is 2.46. The predicted molar refractivity (Wildman–Crippen MR) is 229 cm³/mol. The Morgan fingerprint density at radius 1 is 0.662 bits per heavy atom. The van der Waals surface area contributed by atoms with Crippen LogP contribution in [0.25, 0.3) is 11.1 Å². The maximum atomic E-state index is 14.7. The Morgan fingerprint density at radius 2 is 1.12 bits per heavy atom. The summed E-state index contributed by atoms with van der Waals surface area (Å²) in [4.78, 5) is 106. The Morgan fingerprint density at radius 3 is 1.58 bits per heavy atom. The van der Waals surface area contributed by atoms with Gasteiger partial charge >= 0.3 is 24.1 Å². The molecule has 18 heteroatoms. The number of likely N-dealkylation sites (tertiary alicyclic amines) is 2. The van der Waals surface area contributed by atoms with Crippen molar-refractivity contribution in [1.29, 1.82) is 0 Å². The topological polar surface area (TPSA) is 204 Å². The van der Waals surface area contributed by atoms with Crippen LogP contribution in [-0.4, -0.2) is 134 Å². The minimum atomic E-state index is -1.51. The molecule has 1 spiro atoms. The molecule has 2 saturated heterocycles. The molecule has 16 nitrogen and oxygen atoms in total. The van der Waals surface area contributed by atoms with Crippen molar-refractivity contribution in [2.45, 2.75) is 116 Å². The van der Waals surface area contributed by atoms with Crippen LogP contribution in [0.1, 0.15) is 98.1 Å². The molecule has 0 aromatic heterocycles. The van der Waals surface area contributed by atoms with E-state index in [1.807, 2.05) is 6.07 Å². The molecule has 2 N–H and O–H groups in total. The van der Waals surface area contributed by atoms with Gasteiger partial charge in [-0.1, -0.05) is 76.9 Å². The van der Waals surface area contributed by atoms with Gasteiger partial charge in [-0.25, -0.2) is 28.0 Å². The quantitative estimate of drug-likeness (QED) is 0.136. The van der Waals surface area contributed by atoms with Crippen LogP contribution in [0.15, 0.2) is 36.4 Å². The second-order valence-corrected chi connectivity index (χ2v) is 18.2. The molecule has 0 radical (unpaired) electrons. The highest BCUT2D eigenvalue weighted by Crippen LogP contribution is 2.51. The second kappa shape index (κ2) is 20.5. The zero-order valence-electron chi connectivity index (χ0n) is 37.6. The molecule has 2 aromatic rings. The fourth-order valence-electron chi connectivity index (χ4n) is 9.64. The Kier molecular flexibility index (Phi) is 15.3. The van der Waals surface area contributed by atoms with E-state index in [0.717, 1.165) is 78.4 Å². The summed E-state index contributed by atoms with van der Waals surface area (Å²) in [6.07, 6.45) is 0.0798. The maximum Gasteiger partial charge on any atom is 0.407 e. The highest BCUT2D eigenvalue weighted by molar-refractivity contribution is 6.02. The lowest BCUT2D eigenvalue weighted by Crippen LogP contribution is -2.54.